The summed E-state index contributed by atoms with van der Waals surface area (Å²) >= 11 is 0. The molecule has 0 saturated carbocycles. The minimum atomic E-state index is -0.152. The average Bonchev–Trinajstić information content (AvgIpc) is 3.17. The van der Waals surface area contributed by atoms with Gasteiger partial charge in [0.05, 0.1) is 11.7 Å². The number of piperidine rings is 1. The summed E-state index contributed by atoms with van der Waals surface area (Å²) in [7, 11) is 0. The number of amides is 1. The normalized spacial score (nSPS) is 18.3. The number of hydrogen-bond acceptors (Lipinski definition) is 6. The molecule has 1 amide bonds. The summed E-state index contributed by atoms with van der Waals surface area (Å²) in [6.07, 6.45) is 4.97. The highest BCUT2D eigenvalue weighted by Gasteiger charge is 2.34. The zero-order valence-corrected chi connectivity index (χ0v) is 19.7. The van der Waals surface area contributed by atoms with Crippen LogP contribution >= 0.6 is 0 Å². The monoisotopic (exact) mass is 445 g/mol. The molecule has 2 aromatic heterocycles. The maximum Gasteiger partial charge on any atom is 0.292 e. The molecule has 4 heterocycles. The molecule has 3 aromatic rings. The quantitative estimate of drug-likeness (QED) is 0.579. The van der Waals surface area contributed by atoms with E-state index in [0.29, 0.717) is 23.9 Å². The number of nitrogens with zero attached hydrogens (tertiary/aromatic N) is 5. The first kappa shape index (κ1) is 21.6. The van der Waals surface area contributed by atoms with Crippen LogP contribution in [0.3, 0.4) is 0 Å². The molecule has 1 aromatic carbocycles. The Kier molecular flexibility index (Phi) is 5.87. The largest absolute Gasteiger partial charge is 0.436 e. The zero-order valence-electron chi connectivity index (χ0n) is 19.7. The van der Waals surface area contributed by atoms with Gasteiger partial charge in [-0.1, -0.05) is 30.3 Å². The second kappa shape index (κ2) is 8.96. The molecule has 1 unspecified atom stereocenters. The van der Waals surface area contributed by atoms with E-state index in [2.05, 4.69) is 41.1 Å². The Morgan fingerprint density at radius 2 is 1.82 bits per heavy atom. The molecule has 1 saturated heterocycles. The molecule has 5 rings (SSSR count). The molecular weight excluding hydrogens is 414 g/mol. The Labute approximate surface area is 194 Å². The van der Waals surface area contributed by atoms with Gasteiger partial charge < -0.3 is 14.2 Å². The van der Waals surface area contributed by atoms with Crippen molar-refractivity contribution < 1.29 is 9.21 Å². The van der Waals surface area contributed by atoms with Crippen molar-refractivity contribution in [2.75, 3.05) is 18.0 Å². The summed E-state index contributed by atoms with van der Waals surface area (Å²) in [6, 6.07) is 10.4. The lowest BCUT2D eigenvalue weighted by Crippen LogP contribution is -2.40. The van der Waals surface area contributed by atoms with Gasteiger partial charge in [-0.3, -0.25) is 4.79 Å². The number of likely N-dealkylation sites (tertiary alicyclic amines) is 1. The predicted octanol–water partition coefficient (Wildman–Crippen LogP) is 4.71. The lowest BCUT2D eigenvalue weighted by atomic mass is 9.99. The van der Waals surface area contributed by atoms with E-state index in [1.54, 1.807) is 6.92 Å². The first-order valence-corrected chi connectivity index (χ1v) is 11.9. The van der Waals surface area contributed by atoms with E-state index in [9.17, 15) is 4.79 Å². The fraction of sp³-hybridized carbons (Fsp3) is 0.462. The Morgan fingerprint density at radius 1 is 1.00 bits per heavy atom. The smallest absolute Gasteiger partial charge is 0.292 e. The van der Waals surface area contributed by atoms with Gasteiger partial charge in [-0.2, -0.15) is 0 Å². The summed E-state index contributed by atoms with van der Waals surface area (Å²) in [5.74, 6) is 2.50. The van der Waals surface area contributed by atoms with Gasteiger partial charge in [-0.05, 0) is 51.5 Å². The van der Waals surface area contributed by atoms with Crippen molar-refractivity contribution in [3.8, 4) is 0 Å². The zero-order chi connectivity index (χ0) is 22.9. The molecule has 0 spiro atoms. The Hall–Kier alpha value is -3.22. The number of aromatic nitrogens is 3. The molecule has 2 aliphatic heterocycles. The number of aryl methyl sites for hydroxylation is 3. The minimum absolute atomic E-state index is 0.113. The number of fused-ring (bicyclic) bond motifs is 1. The van der Waals surface area contributed by atoms with Gasteiger partial charge in [0, 0.05) is 37.8 Å². The van der Waals surface area contributed by atoms with Crippen LogP contribution in [0.15, 0.2) is 34.7 Å². The van der Waals surface area contributed by atoms with Crippen LogP contribution in [0.25, 0.3) is 0 Å². The molecule has 1 atom stereocenters. The summed E-state index contributed by atoms with van der Waals surface area (Å²) < 4.78 is 5.66. The van der Waals surface area contributed by atoms with Crippen LogP contribution in [0, 0.1) is 20.8 Å². The summed E-state index contributed by atoms with van der Waals surface area (Å²) in [5.41, 5.74) is 4.17. The van der Waals surface area contributed by atoms with Crippen molar-refractivity contribution in [1.29, 1.82) is 0 Å². The third-order valence-electron chi connectivity index (χ3n) is 6.74. The molecule has 2 aliphatic rings. The molecule has 7 nitrogen and oxygen atoms in total. The Balaban J connectivity index is 1.49. The van der Waals surface area contributed by atoms with Gasteiger partial charge in [0.25, 0.3) is 5.91 Å². The molecule has 7 heteroatoms. The lowest BCUT2D eigenvalue weighted by Gasteiger charge is -2.36. The molecule has 172 valence electrons. The first-order chi connectivity index (χ1) is 16.0. The van der Waals surface area contributed by atoms with E-state index in [4.69, 9.17) is 14.4 Å². The highest BCUT2D eigenvalue weighted by Crippen LogP contribution is 2.35. The van der Waals surface area contributed by atoms with Crippen LogP contribution in [0.5, 0.6) is 0 Å². The number of anilines is 1. The van der Waals surface area contributed by atoms with Crippen LogP contribution in [-0.4, -0.2) is 38.8 Å². The van der Waals surface area contributed by atoms with Gasteiger partial charge in [-0.15, -0.1) is 0 Å². The number of hydrogen-bond donors (Lipinski definition) is 0. The van der Waals surface area contributed by atoms with Crippen LogP contribution in [-0.2, 0) is 13.0 Å². The van der Waals surface area contributed by atoms with E-state index >= 15 is 0 Å². The van der Waals surface area contributed by atoms with Gasteiger partial charge in [0.1, 0.15) is 5.82 Å². The molecule has 0 aliphatic carbocycles. The highest BCUT2D eigenvalue weighted by molar-refractivity contribution is 5.92. The summed E-state index contributed by atoms with van der Waals surface area (Å²) in [6.45, 7) is 8.15. The van der Waals surface area contributed by atoms with Crippen LogP contribution in [0.2, 0.25) is 0 Å². The molecule has 0 N–H and O–H groups in total. The number of rotatable bonds is 4. The Bertz CT molecular complexity index is 1160. The van der Waals surface area contributed by atoms with E-state index in [0.717, 1.165) is 62.5 Å². The summed E-state index contributed by atoms with van der Waals surface area (Å²) in [4.78, 5) is 32.0. The van der Waals surface area contributed by atoms with Crippen molar-refractivity contribution in [2.24, 2.45) is 0 Å². The number of oxazole rings is 1. The SMILES string of the molecule is Cc1nc(C)c(C(=O)N2CCCCC2c2nc(C)c3c(n2)N(Cc2ccccc2)CCC3)o1. The first-order valence-electron chi connectivity index (χ1n) is 11.9. The van der Waals surface area contributed by atoms with Crippen molar-refractivity contribution in [3.63, 3.8) is 0 Å². The van der Waals surface area contributed by atoms with Crippen LogP contribution in [0.1, 0.15) is 76.5 Å². The van der Waals surface area contributed by atoms with Gasteiger partial charge in [0.15, 0.2) is 11.7 Å². The van der Waals surface area contributed by atoms with Crippen molar-refractivity contribution in [2.45, 2.75) is 65.5 Å². The predicted molar refractivity (Wildman–Crippen MR) is 126 cm³/mol. The lowest BCUT2D eigenvalue weighted by molar-refractivity contribution is 0.0564. The van der Waals surface area contributed by atoms with Gasteiger partial charge in [0.2, 0.25) is 5.76 Å². The fourth-order valence-electron chi connectivity index (χ4n) is 5.12. The maximum atomic E-state index is 13.4. The van der Waals surface area contributed by atoms with Crippen LogP contribution < -0.4 is 4.90 Å². The van der Waals surface area contributed by atoms with Crippen molar-refractivity contribution >= 4 is 11.7 Å². The Morgan fingerprint density at radius 3 is 2.58 bits per heavy atom. The van der Waals surface area contributed by atoms with Gasteiger partial charge >= 0.3 is 0 Å². The van der Waals surface area contributed by atoms with Gasteiger partial charge in [-0.25, -0.2) is 15.0 Å². The summed E-state index contributed by atoms with van der Waals surface area (Å²) in [5, 5.41) is 0. The standard InChI is InChI=1S/C26H31N5O2/c1-17-21-12-9-14-30(16-20-10-5-4-6-11-20)25(21)29-24(28-17)22-13-7-8-15-31(22)26(32)23-18(2)27-19(3)33-23/h4-6,10-11,22H,7-9,12-16H2,1-3H3. The molecule has 1 fully saturated rings. The van der Waals surface area contributed by atoms with E-state index in [-0.39, 0.29) is 11.9 Å². The molecule has 0 radical (unpaired) electrons. The van der Waals surface area contributed by atoms with E-state index in [1.807, 2.05) is 17.9 Å². The molecule has 0 bridgehead atoms. The second-order valence-corrected chi connectivity index (χ2v) is 9.14. The third-order valence-corrected chi connectivity index (χ3v) is 6.74. The van der Waals surface area contributed by atoms with Crippen molar-refractivity contribution in [1.82, 2.24) is 19.9 Å². The second-order valence-electron chi connectivity index (χ2n) is 9.14. The fourth-order valence-corrected chi connectivity index (χ4v) is 5.12. The molecular formula is C26H31N5O2. The van der Waals surface area contributed by atoms with Crippen LogP contribution in [0.4, 0.5) is 5.82 Å². The van der Waals surface area contributed by atoms with E-state index < -0.39 is 0 Å². The molecule has 33 heavy (non-hydrogen) atoms. The number of carbonyl (C=O) groups excluding carboxylic acids is 1. The third kappa shape index (κ3) is 4.24. The van der Waals surface area contributed by atoms with Crippen molar-refractivity contribution in [3.05, 3.63) is 70.3 Å². The maximum absolute atomic E-state index is 13.4. The number of carbonyl (C=O) groups is 1. The number of benzene rings is 1. The highest BCUT2D eigenvalue weighted by atomic mass is 16.4. The minimum Gasteiger partial charge on any atom is -0.436 e. The average molecular weight is 446 g/mol. The topological polar surface area (TPSA) is 75.4 Å². The van der Waals surface area contributed by atoms with E-state index in [1.165, 1.54) is 11.1 Å².